The van der Waals surface area contributed by atoms with Crippen LogP contribution in [0.15, 0.2) is 0 Å². The van der Waals surface area contributed by atoms with Gasteiger partial charge in [-0.25, -0.2) is 4.79 Å². The lowest BCUT2D eigenvalue weighted by Gasteiger charge is -2.50. The first-order valence-electron chi connectivity index (χ1n) is 21.0. The van der Waals surface area contributed by atoms with Gasteiger partial charge in [-0.1, -0.05) is 13.8 Å². The predicted octanol–water partition coefficient (Wildman–Crippen LogP) is -4.89. The summed E-state index contributed by atoms with van der Waals surface area (Å²) in [7, 11) is 0. The Morgan fingerprint density at radius 3 is 1.89 bits per heavy atom. The van der Waals surface area contributed by atoms with Crippen molar-refractivity contribution in [1.29, 1.82) is 0 Å². The number of nitrogens with two attached hydrogens (primary N) is 1. The summed E-state index contributed by atoms with van der Waals surface area (Å²) in [6.45, 7) is 5.27. The van der Waals surface area contributed by atoms with E-state index in [-0.39, 0.29) is 25.5 Å². The number of hydrogen-bond donors (Lipinski definition) is 11. The van der Waals surface area contributed by atoms with Gasteiger partial charge in [0, 0.05) is 38.6 Å². The molecule has 0 aromatic carbocycles. The van der Waals surface area contributed by atoms with Crippen molar-refractivity contribution in [2.75, 3.05) is 39.5 Å². The van der Waals surface area contributed by atoms with Gasteiger partial charge in [-0.3, -0.25) is 9.59 Å². The van der Waals surface area contributed by atoms with Crippen molar-refractivity contribution in [3.63, 3.8) is 0 Å². The lowest BCUT2D eigenvalue weighted by Crippen LogP contribution is -2.68. The molecule has 0 saturated carbocycles. The summed E-state index contributed by atoms with van der Waals surface area (Å²) in [5.41, 5.74) is 5.49. The Kier molecular flexibility index (Phi) is 18.2. The third-order valence-electron chi connectivity index (χ3n) is 11.8. The summed E-state index contributed by atoms with van der Waals surface area (Å²) in [6, 6.07) is -1.31. The van der Waals surface area contributed by atoms with Gasteiger partial charge in [-0.2, -0.15) is 0 Å². The normalized spacial score (nSPS) is 44.7. The molecule has 21 atom stereocenters. The topological polar surface area (TPSA) is 355 Å². The lowest BCUT2D eigenvalue weighted by atomic mass is 9.90. The maximum absolute atomic E-state index is 12.6. The molecule has 358 valence electrons. The van der Waals surface area contributed by atoms with Crippen LogP contribution in [0.1, 0.15) is 53.9 Å². The van der Waals surface area contributed by atoms with E-state index in [2.05, 4.69) is 10.6 Å². The van der Waals surface area contributed by atoms with E-state index in [0.29, 0.717) is 19.4 Å². The van der Waals surface area contributed by atoms with E-state index in [9.17, 15) is 55.2 Å². The number of aliphatic hydroxyl groups is 7. The van der Waals surface area contributed by atoms with E-state index in [0.717, 1.165) is 0 Å². The van der Waals surface area contributed by atoms with Crippen LogP contribution in [0.4, 0.5) is 0 Å². The number of aliphatic carboxylic acids is 1. The van der Waals surface area contributed by atoms with Crippen LogP contribution in [0, 0.1) is 11.8 Å². The fraction of sp³-hybridized carbons (Fsp3) is 0.921. The highest BCUT2D eigenvalue weighted by Crippen LogP contribution is 2.42. The van der Waals surface area contributed by atoms with Crippen molar-refractivity contribution in [2.45, 2.75) is 170 Å². The standard InChI is InChI=1S/C38H65N3O21/c1-15-24(47)26(49)19(12-42)55-33(15)60-30-23(41-18(4)45)35(54-17(3)25(30)48)58-28-16(2)34(56-20(13-43)27(28)50)59-29-21(14-44)57-36(32-31(29)61-38(5,62-32)37(51)52)53-11-10-40-22(46)8-6-7-9-39/h15-17,19-21,23-36,42-44,47-50H,6-14,39H2,1-5H3,(H,40,46)(H,41,45)(H,51,52)/t15?,16?,17?,19?,20?,21?,23?,24?,25?,26?,27?,28?,29?,30?,31?,32?,33?,34?,35?,36?,38-/m0/s1. The van der Waals surface area contributed by atoms with Crippen molar-refractivity contribution >= 4 is 17.8 Å². The largest absolute Gasteiger partial charge is 0.477 e. The SMILES string of the molecule is CC(=O)NC1C(OC2C(C)C(OC3C(CO)OC(OCCNC(=O)CCCCN)C4O[C@@](C)(C(=O)O)OC34)OC(CO)C2O)OC(C)C(O)C1OC1OC(CO)C(O)C(O)C1C. The number of nitrogens with one attached hydrogen (secondary N) is 2. The summed E-state index contributed by atoms with van der Waals surface area (Å²) in [6.07, 6.45) is -21.1. The van der Waals surface area contributed by atoms with Crippen LogP contribution in [-0.2, 0) is 61.8 Å². The zero-order chi connectivity index (χ0) is 45.6. The fourth-order valence-corrected chi connectivity index (χ4v) is 8.20. The van der Waals surface area contributed by atoms with Gasteiger partial charge in [-0.05, 0) is 26.3 Å². The number of carboxylic acid groups (broad SMARTS) is 1. The molecule has 24 nitrogen and oxygen atoms in total. The quantitative estimate of drug-likeness (QED) is 0.0541. The molecule has 5 rings (SSSR count). The molecule has 5 fully saturated rings. The molecule has 5 aliphatic rings. The fourth-order valence-electron chi connectivity index (χ4n) is 8.20. The van der Waals surface area contributed by atoms with Gasteiger partial charge in [0.05, 0.1) is 44.7 Å². The van der Waals surface area contributed by atoms with Crippen molar-refractivity contribution in [2.24, 2.45) is 17.6 Å². The number of rotatable bonds is 19. The molecular weight excluding hydrogens is 834 g/mol. The van der Waals surface area contributed by atoms with E-state index in [1.807, 2.05) is 0 Å². The number of unbranched alkanes of at least 4 members (excludes halogenated alkanes) is 1. The van der Waals surface area contributed by atoms with Crippen LogP contribution in [-0.4, -0.2) is 214 Å². The minimum Gasteiger partial charge on any atom is -0.477 e. The highest BCUT2D eigenvalue weighted by Gasteiger charge is 2.62. The molecule has 0 radical (unpaired) electrons. The van der Waals surface area contributed by atoms with E-state index < -0.39 is 160 Å². The number of carbonyl (C=O) groups is 3. The highest BCUT2D eigenvalue weighted by molar-refractivity contribution is 5.76. The van der Waals surface area contributed by atoms with Crippen LogP contribution < -0.4 is 16.4 Å². The summed E-state index contributed by atoms with van der Waals surface area (Å²) in [5.74, 6) is -6.37. The summed E-state index contributed by atoms with van der Waals surface area (Å²) in [5, 5.41) is 89.9. The van der Waals surface area contributed by atoms with Gasteiger partial charge < -0.3 is 105 Å². The maximum Gasteiger partial charge on any atom is 0.364 e. The Labute approximate surface area is 358 Å². The van der Waals surface area contributed by atoms with Gasteiger partial charge in [0.1, 0.15) is 67.1 Å². The second-order valence-corrected chi connectivity index (χ2v) is 16.5. The first-order valence-corrected chi connectivity index (χ1v) is 21.0. The van der Waals surface area contributed by atoms with Crippen molar-refractivity contribution in [3.05, 3.63) is 0 Å². The third-order valence-corrected chi connectivity index (χ3v) is 11.8. The van der Waals surface area contributed by atoms with Crippen molar-refractivity contribution < 1.29 is 103 Å². The molecule has 0 bridgehead atoms. The molecule has 24 heteroatoms. The molecule has 0 spiro atoms. The second-order valence-electron chi connectivity index (χ2n) is 16.5. The summed E-state index contributed by atoms with van der Waals surface area (Å²) in [4.78, 5) is 37.1. The third kappa shape index (κ3) is 11.4. The molecule has 5 saturated heterocycles. The van der Waals surface area contributed by atoms with Crippen LogP contribution in [0.3, 0.4) is 0 Å². The molecule has 0 aromatic rings. The summed E-state index contributed by atoms with van der Waals surface area (Å²) < 4.78 is 60.4. The molecule has 2 amide bonds. The number of amides is 2. The molecule has 0 aromatic heterocycles. The van der Waals surface area contributed by atoms with Gasteiger partial charge >= 0.3 is 5.97 Å². The van der Waals surface area contributed by atoms with Gasteiger partial charge in [0.25, 0.3) is 5.79 Å². The highest BCUT2D eigenvalue weighted by atomic mass is 16.8. The zero-order valence-electron chi connectivity index (χ0n) is 35.4. The number of carboxylic acids is 1. The van der Waals surface area contributed by atoms with E-state index >= 15 is 0 Å². The Morgan fingerprint density at radius 1 is 0.694 bits per heavy atom. The lowest BCUT2D eigenvalue weighted by molar-refractivity contribution is -0.366. The summed E-state index contributed by atoms with van der Waals surface area (Å²) >= 11 is 0. The number of fused-ring (bicyclic) bond motifs is 1. The minimum atomic E-state index is -2.22. The van der Waals surface area contributed by atoms with Gasteiger partial charge in [0.15, 0.2) is 25.2 Å². The number of ether oxygens (including phenoxy) is 10. The Morgan fingerprint density at radius 2 is 1.27 bits per heavy atom. The van der Waals surface area contributed by atoms with Gasteiger partial charge in [-0.15, -0.1) is 0 Å². The van der Waals surface area contributed by atoms with Crippen LogP contribution in [0.25, 0.3) is 0 Å². The molecule has 62 heavy (non-hydrogen) atoms. The number of carbonyl (C=O) groups excluding carboxylic acids is 2. The average molecular weight is 900 g/mol. The Hall–Kier alpha value is -2.31. The average Bonchev–Trinajstić information content (AvgIpc) is 3.61. The van der Waals surface area contributed by atoms with Crippen LogP contribution >= 0.6 is 0 Å². The smallest absolute Gasteiger partial charge is 0.364 e. The number of aliphatic hydroxyl groups excluding tert-OH is 7. The molecular formula is C38H65N3O21. The molecule has 20 unspecified atom stereocenters. The first kappa shape index (κ1) is 50.7. The molecule has 5 aliphatic heterocycles. The van der Waals surface area contributed by atoms with E-state index in [1.165, 1.54) is 27.7 Å². The minimum absolute atomic E-state index is 0.0716. The predicted molar refractivity (Wildman–Crippen MR) is 204 cm³/mol. The van der Waals surface area contributed by atoms with Crippen molar-refractivity contribution in [1.82, 2.24) is 10.6 Å². The Bertz CT molecular complexity index is 1470. The Balaban J connectivity index is 1.35. The van der Waals surface area contributed by atoms with Crippen molar-refractivity contribution in [3.8, 4) is 0 Å². The zero-order valence-corrected chi connectivity index (χ0v) is 35.4. The van der Waals surface area contributed by atoms with Gasteiger partial charge in [0.2, 0.25) is 11.8 Å². The van der Waals surface area contributed by atoms with Crippen LogP contribution in [0.2, 0.25) is 0 Å². The second kappa shape index (κ2) is 22.3. The van der Waals surface area contributed by atoms with Crippen LogP contribution in [0.5, 0.6) is 0 Å². The first-order chi connectivity index (χ1) is 29.4. The molecule has 0 aliphatic carbocycles. The van der Waals surface area contributed by atoms with E-state index in [4.69, 9.17) is 53.1 Å². The number of hydrogen-bond acceptors (Lipinski definition) is 21. The molecule has 12 N–H and O–H groups in total. The monoisotopic (exact) mass is 899 g/mol. The maximum atomic E-state index is 12.6. The molecule has 5 heterocycles. The van der Waals surface area contributed by atoms with E-state index in [1.54, 1.807) is 6.92 Å².